The summed E-state index contributed by atoms with van der Waals surface area (Å²) in [5, 5.41) is 16.2. The van der Waals surface area contributed by atoms with Crippen LogP contribution in [0, 0.1) is 0 Å². The van der Waals surface area contributed by atoms with Crippen LogP contribution >= 0.6 is 31.9 Å². The summed E-state index contributed by atoms with van der Waals surface area (Å²) in [5.41, 5.74) is 1.86. The number of hydrogen-bond donors (Lipinski definition) is 2. The zero-order valence-corrected chi connectivity index (χ0v) is 20.1. The van der Waals surface area contributed by atoms with Crippen LogP contribution in [0.2, 0.25) is 0 Å². The molecule has 2 N–H and O–H groups in total. The number of aromatic carboxylic acids is 1. The van der Waals surface area contributed by atoms with Crippen LogP contribution in [0.5, 0.6) is 0 Å². The van der Waals surface area contributed by atoms with E-state index in [9.17, 15) is 9.59 Å². The molecule has 3 rings (SSSR count). The molecular weight excluding hydrogens is 516 g/mol. The van der Waals surface area contributed by atoms with Gasteiger partial charge in [0.2, 0.25) is 5.91 Å². The summed E-state index contributed by atoms with van der Waals surface area (Å²) in [4.78, 5) is 26.2. The van der Waals surface area contributed by atoms with E-state index in [0.717, 1.165) is 26.7 Å². The molecule has 1 saturated carbocycles. The first-order valence-corrected chi connectivity index (χ1v) is 11.7. The predicted molar refractivity (Wildman–Crippen MR) is 123 cm³/mol. The molecule has 9 heteroatoms. The zero-order chi connectivity index (χ0) is 21.7. The lowest BCUT2D eigenvalue weighted by Crippen LogP contribution is -2.33. The van der Waals surface area contributed by atoms with E-state index in [1.165, 1.54) is 49.0 Å². The predicted octanol–water partition coefficient (Wildman–Crippen LogP) is 4.90. The summed E-state index contributed by atoms with van der Waals surface area (Å²) in [6, 6.07) is 5.94. The van der Waals surface area contributed by atoms with Gasteiger partial charge in [-0.1, -0.05) is 35.2 Å². The summed E-state index contributed by atoms with van der Waals surface area (Å²) in [6.45, 7) is 0.937. The van der Waals surface area contributed by atoms with Crippen molar-refractivity contribution >= 4 is 49.4 Å². The number of hydrogen-bond acceptors (Lipinski definition) is 4. The van der Waals surface area contributed by atoms with Crippen LogP contribution in [-0.2, 0) is 17.9 Å². The second-order valence-electron chi connectivity index (χ2n) is 7.67. The molecule has 1 amide bonds. The Hall–Kier alpha value is -1.71. The number of carboxylic acids is 1. The number of benzene rings is 1. The van der Waals surface area contributed by atoms with E-state index in [1.807, 2.05) is 12.1 Å². The van der Waals surface area contributed by atoms with Crippen molar-refractivity contribution in [3.63, 3.8) is 0 Å². The molecule has 1 aliphatic carbocycles. The van der Waals surface area contributed by atoms with Crippen LogP contribution in [0.4, 0.5) is 5.69 Å². The van der Waals surface area contributed by atoms with Gasteiger partial charge in [-0.15, -0.1) is 0 Å². The van der Waals surface area contributed by atoms with Crippen molar-refractivity contribution in [2.24, 2.45) is 0 Å². The largest absolute Gasteiger partial charge is 0.477 e. The number of carbonyl (C=O) groups excluding carboxylic acids is 1. The molecule has 7 nitrogen and oxygen atoms in total. The van der Waals surface area contributed by atoms with Crippen LogP contribution in [0.1, 0.15) is 54.6 Å². The van der Waals surface area contributed by atoms with Gasteiger partial charge in [0.25, 0.3) is 0 Å². The second kappa shape index (κ2) is 10.5. The number of carbonyl (C=O) groups is 2. The molecular formula is C21H26Br2N4O3. The molecule has 0 aliphatic heterocycles. The third kappa shape index (κ3) is 5.92. The third-order valence-corrected chi connectivity index (χ3v) is 6.59. The highest BCUT2D eigenvalue weighted by Gasteiger charge is 2.21. The molecule has 0 atom stereocenters. The van der Waals surface area contributed by atoms with E-state index in [2.05, 4.69) is 54.2 Å². The molecule has 0 spiro atoms. The fourth-order valence-corrected chi connectivity index (χ4v) is 5.33. The summed E-state index contributed by atoms with van der Waals surface area (Å²) < 4.78 is 3.08. The maximum absolute atomic E-state index is 12.6. The van der Waals surface area contributed by atoms with Gasteiger partial charge in [0.1, 0.15) is 5.69 Å². The number of aryl methyl sites for hydroxylation is 1. The van der Waals surface area contributed by atoms with E-state index in [-0.39, 0.29) is 24.6 Å². The Bertz CT molecular complexity index is 910. The first-order valence-electron chi connectivity index (χ1n) is 10.1. The Labute approximate surface area is 193 Å². The molecule has 162 valence electrons. The van der Waals surface area contributed by atoms with Crippen molar-refractivity contribution < 1.29 is 14.7 Å². The Morgan fingerprint density at radius 2 is 2.00 bits per heavy atom. The molecule has 2 aromatic rings. The number of nitrogens with zero attached hydrogens (tertiary/aromatic N) is 3. The van der Waals surface area contributed by atoms with Gasteiger partial charge in [-0.05, 0) is 59.6 Å². The Morgan fingerprint density at radius 1 is 1.27 bits per heavy atom. The Balaban J connectivity index is 1.69. The number of rotatable bonds is 8. The van der Waals surface area contributed by atoms with E-state index in [0.29, 0.717) is 6.04 Å². The molecule has 1 aromatic carbocycles. The van der Waals surface area contributed by atoms with Crippen molar-refractivity contribution in [3.05, 3.63) is 44.6 Å². The topological polar surface area (TPSA) is 87.5 Å². The zero-order valence-electron chi connectivity index (χ0n) is 16.9. The van der Waals surface area contributed by atoms with Gasteiger partial charge in [-0.3, -0.25) is 14.4 Å². The normalized spacial score (nSPS) is 14.8. The fraction of sp³-hybridized carbons (Fsp3) is 0.476. The summed E-state index contributed by atoms with van der Waals surface area (Å²) in [5.74, 6) is -1.25. The molecule has 0 unspecified atom stereocenters. The molecule has 1 aromatic heterocycles. The van der Waals surface area contributed by atoms with Crippen molar-refractivity contribution in [2.75, 3.05) is 12.4 Å². The van der Waals surface area contributed by atoms with E-state index < -0.39 is 5.97 Å². The maximum atomic E-state index is 12.6. The maximum Gasteiger partial charge on any atom is 0.354 e. The van der Waals surface area contributed by atoms with Gasteiger partial charge in [0.15, 0.2) is 0 Å². The minimum atomic E-state index is -1.06. The van der Waals surface area contributed by atoms with Crippen molar-refractivity contribution in [2.45, 2.75) is 57.7 Å². The minimum absolute atomic E-state index is 0.0717. The average Bonchev–Trinajstić information content (AvgIpc) is 3.18. The number of anilines is 1. The highest BCUT2D eigenvalue weighted by molar-refractivity contribution is 9.11. The molecule has 0 bridgehead atoms. The Kier molecular flexibility index (Phi) is 8.07. The SMILES string of the molecule is CN(Cc1cc(Br)cc(Br)c1NC(=O)CCn1nccc1C(=O)O)C1CCCCC1. The van der Waals surface area contributed by atoms with Gasteiger partial charge < -0.3 is 10.4 Å². The lowest BCUT2D eigenvalue weighted by atomic mass is 9.94. The van der Waals surface area contributed by atoms with E-state index in [1.54, 1.807) is 0 Å². The molecule has 1 heterocycles. The lowest BCUT2D eigenvalue weighted by molar-refractivity contribution is -0.116. The summed E-state index contributed by atoms with van der Waals surface area (Å²) >= 11 is 7.12. The quantitative estimate of drug-likeness (QED) is 0.496. The smallest absolute Gasteiger partial charge is 0.354 e. The molecule has 0 radical (unpaired) electrons. The fourth-order valence-electron chi connectivity index (χ4n) is 3.91. The molecule has 0 saturated heterocycles. The molecule has 30 heavy (non-hydrogen) atoms. The van der Waals surface area contributed by atoms with Gasteiger partial charge >= 0.3 is 5.97 Å². The average molecular weight is 542 g/mol. The van der Waals surface area contributed by atoms with Crippen molar-refractivity contribution in [3.8, 4) is 0 Å². The second-order valence-corrected chi connectivity index (χ2v) is 9.44. The third-order valence-electron chi connectivity index (χ3n) is 5.51. The van der Waals surface area contributed by atoms with Gasteiger partial charge in [0.05, 0.1) is 12.2 Å². The van der Waals surface area contributed by atoms with Gasteiger partial charge in [-0.25, -0.2) is 4.79 Å². The number of aromatic nitrogens is 2. The first kappa shape index (κ1) is 23.0. The highest BCUT2D eigenvalue weighted by Crippen LogP contribution is 2.33. The van der Waals surface area contributed by atoms with Crippen LogP contribution in [0.3, 0.4) is 0 Å². The lowest BCUT2D eigenvalue weighted by Gasteiger charge is -2.32. The van der Waals surface area contributed by atoms with Crippen LogP contribution < -0.4 is 5.32 Å². The van der Waals surface area contributed by atoms with Crippen molar-refractivity contribution in [1.29, 1.82) is 0 Å². The highest BCUT2D eigenvalue weighted by atomic mass is 79.9. The number of halogens is 2. The standard InChI is InChI=1S/C21H26Br2N4O3/c1-26(16-5-3-2-4-6-16)13-14-11-15(22)12-17(23)20(14)25-19(28)8-10-27-18(21(29)30)7-9-24-27/h7,9,11-12,16H,2-6,8,10,13H2,1H3,(H,25,28)(H,29,30). The van der Waals surface area contributed by atoms with Gasteiger partial charge in [-0.2, -0.15) is 5.10 Å². The van der Waals surface area contributed by atoms with Gasteiger partial charge in [0, 0.05) is 34.1 Å². The Morgan fingerprint density at radius 3 is 2.70 bits per heavy atom. The summed E-state index contributed by atoms with van der Waals surface area (Å²) in [7, 11) is 2.14. The minimum Gasteiger partial charge on any atom is -0.477 e. The van der Waals surface area contributed by atoms with E-state index >= 15 is 0 Å². The molecule has 1 aliphatic rings. The number of amides is 1. The first-order chi connectivity index (χ1) is 14.3. The number of nitrogens with one attached hydrogen (secondary N) is 1. The monoisotopic (exact) mass is 540 g/mol. The van der Waals surface area contributed by atoms with Crippen molar-refractivity contribution in [1.82, 2.24) is 14.7 Å². The number of carboxylic acid groups (broad SMARTS) is 1. The van der Waals surface area contributed by atoms with Crippen LogP contribution in [0.25, 0.3) is 0 Å². The van der Waals surface area contributed by atoms with Crippen LogP contribution in [-0.4, -0.2) is 44.8 Å². The van der Waals surface area contributed by atoms with Crippen LogP contribution in [0.15, 0.2) is 33.3 Å². The molecule has 1 fully saturated rings. The summed E-state index contributed by atoms with van der Waals surface area (Å²) in [6.07, 6.45) is 7.83. The van der Waals surface area contributed by atoms with E-state index in [4.69, 9.17) is 5.11 Å².